The summed E-state index contributed by atoms with van der Waals surface area (Å²) in [4.78, 5) is 0. The Morgan fingerprint density at radius 2 is 2.25 bits per heavy atom. The molecule has 0 saturated carbocycles. The van der Waals surface area contributed by atoms with Gasteiger partial charge < -0.3 is 19.9 Å². The lowest BCUT2D eigenvalue weighted by Crippen LogP contribution is -2.41. The van der Waals surface area contributed by atoms with Crippen LogP contribution < -0.4 is 5.32 Å². The van der Waals surface area contributed by atoms with Gasteiger partial charge in [0, 0.05) is 18.9 Å². The molecule has 2 heterocycles. The topological polar surface area (TPSA) is 50.7 Å². The quantitative estimate of drug-likeness (QED) is 0.739. The molecule has 0 aromatic carbocycles. The molecular formula is C12H23NO3. The van der Waals surface area contributed by atoms with E-state index in [2.05, 4.69) is 5.32 Å². The molecule has 0 bridgehead atoms. The lowest BCUT2D eigenvalue weighted by molar-refractivity contribution is -0.0252. The third-order valence-electron chi connectivity index (χ3n) is 3.62. The zero-order valence-corrected chi connectivity index (χ0v) is 10.1. The molecule has 2 saturated heterocycles. The first kappa shape index (κ1) is 12.3. The molecule has 0 aliphatic carbocycles. The van der Waals surface area contributed by atoms with Gasteiger partial charge in [-0.05, 0) is 25.9 Å². The molecule has 0 aromatic rings. The number of aliphatic hydroxyl groups excluding tert-OH is 1. The maximum atomic E-state index is 8.93. The van der Waals surface area contributed by atoms with Gasteiger partial charge in [0.2, 0.25) is 0 Å². The molecule has 2 fully saturated rings. The summed E-state index contributed by atoms with van der Waals surface area (Å²) in [6, 6.07) is 0. The second-order valence-corrected chi connectivity index (χ2v) is 5.19. The molecule has 2 atom stereocenters. The van der Waals surface area contributed by atoms with Crippen molar-refractivity contribution in [3.63, 3.8) is 0 Å². The van der Waals surface area contributed by atoms with Crippen LogP contribution in [0.15, 0.2) is 0 Å². The van der Waals surface area contributed by atoms with E-state index in [1.165, 1.54) is 0 Å². The normalized spacial score (nSPS) is 30.8. The summed E-state index contributed by atoms with van der Waals surface area (Å²) >= 11 is 0. The van der Waals surface area contributed by atoms with Crippen LogP contribution in [0.25, 0.3) is 0 Å². The van der Waals surface area contributed by atoms with Gasteiger partial charge in [0.15, 0.2) is 0 Å². The van der Waals surface area contributed by atoms with Crippen LogP contribution in [0.1, 0.15) is 26.2 Å². The Morgan fingerprint density at radius 3 is 2.94 bits per heavy atom. The Bertz CT molecular complexity index is 216. The molecule has 4 heteroatoms. The van der Waals surface area contributed by atoms with Crippen molar-refractivity contribution in [3.05, 3.63) is 0 Å². The lowest BCUT2D eigenvalue weighted by atomic mass is 9.89. The smallest absolute Gasteiger partial charge is 0.0836 e. The zero-order chi connectivity index (χ0) is 11.4. The summed E-state index contributed by atoms with van der Waals surface area (Å²) < 4.78 is 11.7. The Morgan fingerprint density at radius 1 is 1.50 bits per heavy atom. The van der Waals surface area contributed by atoms with E-state index in [-0.39, 0.29) is 24.2 Å². The van der Waals surface area contributed by atoms with E-state index in [4.69, 9.17) is 14.6 Å². The minimum absolute atomic E-state index is 0.0817. The highest BCUT2D eigenvalue weighted by Crippen LogP contribution is 2.35. The fourth-order valence-electron chi connectivity index (χ4n) is 2.49. The predicted octanol–water partition coefficient (Wildman–Crippen LogP) is 0.542. The monoisotopic (exact) mass is 229 g/mol. The van der Waals surface area contributed by atoms with Gasteiger partial charge in [0.1, 0.15) is 0 Å². The van der Waals surface area contributed by atoms with E-state index < -0.39 is 0 Å². The van der Waals surface area contributed by atoms with Crippen molar-refractivity contribution in [1.82, 2.24) is 5.32 Å². The highest BCUT2D eigenvalue weighted by atomic mass is 16.6. The summed E-state index contributed by atoms with van der Waals surface area (Å²) in [6.45, 7) is 5.66. The fraction of sp³-hybridized carbons (Fsp3) is 1.00. The van der Waals surface area contributed by atoms with Crippen LogP contribution in [0.3, 0.4) is 0 Å². The highest BCUT2D eigenvalue weighted by molar-refractivity contribution is 4.93. The van der Waals surface area contributed by atoms with Gasteiger partial charge in [0.25, 0.3) is 0 Å². The van der Waals surface area contributed by atoms with Crippen molar-refractivity contribution in [2.75, 3.05) is 32.9 Å². The largest absolute Gasteiger partial charge is 0.396 e. The van der Waals surface area contributed by atoms with Crippen LogP contribution in [-0.2, 0) is 9.47 Å². The summed E-state index contributed by atoms with van der Waals surface area (Å²) in [5.41, 5.74) is 0.0817. The first-order chi connectivity index (χ1) is 7.74. The molecule has 1 spiro atoms. The summed E-state index contributed by atoms with van der Waals surface area (Å²) in [6.07, 6.45) is 3.45. The third-order valence-corrected chi connectivity index (χ3v) is 3.62. The standard InChI is InChI=1S/C12H23NO3/c1-10(7-14)8-15-11-6-12(16-9-11)2-4-13-5-3-12/h10-11,13-14H,2-9H2,1H3. The van der Waals surface area contributed by atoms with Crippen molar-refractivity contribution >= 4 is 0 Å². The number of piperidine rings is 1. The number of ether oxygens (including phenoxy) is 2. The number of rotatable bonds is 4. The second-order valence-electron chi connectivity index (χ2n) is 5.19. The molecule has 4 nitrogen and oxygen atoms in total. The van der Waals surface area contributed by atoms with E-state index in [0.717, 1.165) is 39.0 Å². The molecule has 0 amide bonds. The van der Waals surface area contributed by atoms with Crippen LogP contribution in [-0.4, -0.2) is 49.7 Å². The first-order valence-electron chi connectivity index (χ1n) is 6.31. The van der Waals surface area contributed by atoms with Gasteiger partial charge in [-0.25, -0.2) is 0 Å². The minimum Gasteiger partial charge on any atom is -0.396 e. The van der Waals surface area contributed by atoms with E-state index in [0.29, 0.717) is 6.61 Å². The Hall–Kier alpha value is -0.160. The Labute approximate surface area is 97.3 Å². The van der Waals surface area contributed by atoms with E-state index in [1.807, 2.05) is 6.92 Å². The van der Waals surface area contributed by atoms with Crippen molar-refractivity contribution in [1.29, 1.82) is 0 Å². The summed E-state index contributed by atoms with van der Waals surface area (Å²) in [7, 11) is 0. The number of hydrogen-bond donors (Lipinski definition) is 2. The minimum atomic E-state index is 0.0817. The van der Waals surface area contributed by atoms with Crippen LogP contribution in [0.4, 0.5) is 0 Å². The van der Waals surface area contributed by atoms with Crippen molar-refractivity contribution in [2.45, 2.75) is 37.9 Å². The fourth-order valence-corrected chi connectivity index (χ4v) is 2.49. The average molecular weight is 229 g/mol. The molecule has 2 rings (SSSR count). The van der Waals surface area contributed by atoms with Crippen LogP contribution >= 0.6 is 0 Å². The van der Waals surface area contributed by atoms with Crippen LogP contribution in [0.5, 0.6) is 0 Å². The van der Waals surface area contributed by atoms with Gasteiger partial charge in [-0.3, -0.25) is 0 Å². The second kappa shape index (κ2) is 5.45. The van der Waals surface area contributed by atoms with Crippen molar-refractivity contribution in [3.8, 4) is 0 Å². The van der Waals surface area contributed by atoms with Gasteiger partial charge >= 0.3 is 0 Å². The number of hydrogen-bond acceptors (Lipinski definition) is 4. The maximum Gasteiger partial charge on any atom is 0.0836 e. The Kier molecular flexibility index (Phi) is 4.19. The van der Waals surface area contributed by atoms with Gasteiger partial charge in [-0.2, -0.15) is 0 Å². The van der Waals surface area contributed by atoms with Crippen LogP contribution in [0, 0.1) is 5.92 Å². The maximum absolute atomic E-state index is 8.93. The molecule has 2 aliphatic rings. The third kappa shape index (κ3) is 2.94. The van der Waals surface area contributed by atoms with Gasteiger partial charge in [-0.1, -0.05) is 6.92 Å². The molecule has 2 N–H and O–H groups in total. The molecule has 16 heavy (non-hydrogen) atoms. The van der Waals surface area contributed by atoms with Gasteiger partial charge in [-0.15, -0.1) is 0 Å². The summed E-state index contributed by atoms with van der Waals surface area (Å²) in [5.74, 6) is 0.226. The van der Waals surface area contributed by atoms with E-state index >= 15 is 0 Å². The van der Waals surface area contributed by atoms with Crippen LogP contribution in [0.2, 0.25) is 0 Å². The SMILES string of the molecule is CC(CO)COC1COC2(CCNCC2)C1. The molecule has 0 radical (unpaired) electrons. The zero-order valence-electron chi connectivity index (χ0n) is 10.1. The molecule has 2 aliphatic heterocycles. The molecule has 0 aromatic heterocycles. The Balaban J connectivity index is 1.74. The highest BCUT2D eigenvalue weighted by Gasteiger charge is 2.41. The average Bonchev–Trinajstić information content (AvgIpc) is 2.70. The van der Waals surface area contributed by atoms with Gasteiger partial charge in [0.05, 0.1) is 24.9 Å². The number of nitrogens with one attached hydrogen (secondary N) is 1. The first-order valence-corrected chi connectivity index (χ1v) is 6.31. The van der Waals surface area contributed by atoms with Crippen molar-refractivity contribution < 1.29 is 14.6 Å². The number of aliphatic hydroxyl groups is 1. The molecule has 2 unspecified atom stereocenters. The van der Waals surface area contributed by atoms with E-state index in [9.17, 15) is 0 Å². The lowest BCUT2D eigenvalue weighted by Gasteiger charge is -2.32. The summed E-state index contributed by atoms with van der Waals surface area (Å²) in [5, 5.41) is 12.3. The predicted molar refractivity (Wildman–Crippen MR) is 61.4 cm³/mol. The molecule has 94 valence electrons. The molecular weight excluding hydrogens is 206 g/mol. The van der Waals surface area contributed by atoms with Crippen molar-refractivity contribution in [2.24, 2.45) is 5.92 Å². The van der Waals surface area contributed by atoms with E-state index in [1.54, 1.807) is 0 Å².